The van der Waals surface area contributed by atoms with Crippen molar-refractivity contribution < 1.29 is 43.9 Å². The molecule has 0 spiro atoms. The van der Waals surface area contributed by atoms with E-state index in [4.69, 9.17) is 9.11 Å². The SMILES string of the molecule is O=C(CCC(=O)OS(=O)(=O)O)OS(=O)(=O)O.[NaH].[NaH]. The molecule has 0 aliphatic carbocycles. The van der Waals surface area contributed by atoms with Gasteiger partial charge in [-0.1, -0.05) is 0 Å². The average molecular weight is 326 g/mol. The maximum atomic E-state index is 10.5. The second-order valence-corrected chi connectivity index (χ2v) is 4.31. The standard InChI is InChI=1S/C4H6O10S2.2Na.2H/c5-3(13-15(7,8)9)1-2-4(6)14-16(10,11)12;;;;/h1-2H2,(H,7,8,9)(H,10,11,12);;;;. The van der Waals surface area contributed by atoms with Gasteiger partial charge in [0, 0.05) is 0 Å². The van der Waals surface area contributed by atoms with Crippen LogP contribution in [0.4, 0.5) is 0 Å². The summed E-state index contributed by atoms with van der Waals surface area (Å²) in [6.45, 7) is 0. The number of rotatable bonds is 5. The van der Waals surface area contributed by atoms with Gasteiger partial charge in [-0.15, -0.1) is 0 Å². The molecule has 0 unspecified atom stereocenters. The molecule has 0 heterocycles. The van der Waals surface area contributed by atoms with Crippen LogP contribution >= 0.6 is 0 Å². The predicted molar refractivity (Wildman–Crippen MR) is 58.8 cm³/mol. The fourth-order valence-corrected chi connectivity index (χ4v) is 1.16. The molecule has 98 valence electrons. The van der Waals surface area contributed by atoms with Crippen LogP contribution in [0.3, 0.4) is 0 Å². The summed E-state index contributed by atoms with van der Waals surface area (Å²) in [5, 5.41) is 0. The molecule has 0 aliphatic heterocycles. The van der Waals surface area contributed by atoms with Gasteiger partial charge in [-0.05, 0) is 0 Å². The van der Waals surface area contributed by atoms with Crippen LogP contribution in [0.1, 0.15) is 12.8 Å². The van der Waals surface area contributed by atoms with Gasteiger partial charge in [0.05, 0.1) is 12.8 Å². The molecule has 0 bridgehead atoms. The molecule has 0 rings (SSSR count). The van der Waals surface area contributed by atoms with Crippen LogP contribution in [-0.4, -0.2) is 97.0 Å². The summed E-state index contributed by atoms with van der Waals surface area (Å²) in [6, 6.07) is 0. The van der Waals surface area contributed by atoms with Gasteiger partial charge in [-0.2, -0.15) is 16.8 Å². The summed E-state index contributed by atoms with van der Waals surface area (Å²) in [7, 11) is -9.95. The summed E-state index contributed by atoms with van der Waals surface area (Å²) in [4.78, 5) is 21.1. The second-order valence-electron chi connectivity index (χ2n) is 2.27. The van der Waals surface area contributed by atoms with Gasteiger partial charge in [0.15, 0.2) is 0 Å². The molecule has 0 aromatic heterocycles. The van der Waals surface area contributed by atoms with E-state index in [1.807, 2.05) is 0 Å². The van der Waals surface area contributed by atoms with E-state index < -0.39 is 45.6 Å². The summed E-state index contributed by atoms with van der Waals surface area (Å²) >= 11 is 0. The van der Waals surface area contributed by atoms with Gasteiger partial charge in [-0.25, -0.2) is 0 Å². The zero-order valence-electron chi connectivity index (χ0n) is 7.39. The fraction of sp³-hybridized carbons (Fsp3) is 0.500. The third-order valence-electron chi connectivity index (χ3n) is 0.930. The molecule has 0 saturated carbocycles. The molecule has 0 radical (unpaired) electrons. The monoisotopic (exact) mass is 326 g/mol. The molecule has 0 fully saturated rings. The van der Waals surface area contributed by atoms with Crippen molar-refractivity contribution in [2.45, 2.75) is 12.8 Å². The van der Waals surface area contributed by atoms with Gasteiger partial charge >= 0.3 is 91.9 Å². The van der Waals surface area contributed by atoms with Gasteiger partial charge in [0.1, 0.15) is 0 Å². The van der Waals surface area contributed by atoms with E-state index in [0.717, 1.165) is 0 Å². The van der Waals surface area contributed by atoms with E-state index in [1.165, 1.54) is 0 Å². The zero-order valence-corrected chi connectivity index (χ0v) is 9.02. The van der Waals surface area contributed by atoms with E-state index in [-0.39, 0.29) is 59.1 Å². The quantitative estimate of drug-likeness (QED) is 0.397. The van der Waals surface area contributed by atoms with Crippen molar-refractivity contribution >= 4 is 91.9 Å². The molecule has 0 saturated heterocycles. The molecule has 10 nitrogen and oxygen atoms in total. The summed E-state index contributed by atoms with van der Waals surface area (Å²) < 4.78 is 62.7. The third-order valence-corrected chi connectivity index (χ3v) is 1.72. The fourth-order valence-electron chi connectivity index (χ4n) is 0.522. The molecule has 0 aromatic rings. The minimum atomic E-state index is -4.98. The first-order valence-electron chi connectivity index (χ1n) is 3.39. The number of hydrogen-bond acceptors (Lipinski definition) is 8. The van der Waals surface area contributed by atoms with Crippen LogP contribution in [0.25, 0.3) is 0 Å². The topological polar surface area (TPSA) is 161 Å². The van der Waals surface area contributed by atoms with Crippen molar-refractivity contribution in [2.75, 3.05) is 0 Å². The van der Waals surface area contributed by atoms with Gasteiger partial charge in [0.2, 0.25) is 0 Å². The maximum absolute atomic E-state index is 10.5. The first kappa shape index (κ1) is 23.8. The molecule has 14 heteroatoms. The van der Waals surface area contributed by atoms with Gasteiger partial charge in [-0.3, -0.25) is 18.7 Å². The predicted octanol–water partition coefficient (Wildman–Crippen LogP) is -2.84. The Labute approximate surface area is 147 Å². The second kappa shape index (κ2) is 9.63. The first-order chi connectivity index (χ1) is 6.99. The van der Waals surface area contributed by atoms with Crippen LogP contribution < -0.4 is 0 Å². The molecule has 0 aliphatic rings. The van der Waals surface area contributed by atoms with E-state index in [0.29, 0.717) is 0 Å². The molecule has 0 aromatic carbocycles. The van der Waals surface area contributed by atoms with Crippen molar-refractivity contribution in [3.8, 4) is 0 Å². The van der Waals surface area contributed by atoms with Crippen molar-refractivity contribution in [1.82, 2.24) is 0 Å². The molecular weight excluding hydrogens is 318 g/mol. The molecule has 18 heavy (non-hydrogen) atoms. The van der Waals surface area contributed by atoms with Gasteiger partial charge < -0.3 is 8.37 Å². The molecular formula is C4H8Na2O10S2. The van der Waals surface area contributed by atoms with E-state index in [9.17, 15) is 26.4 Å². The average Bonchev–Trinajstić information content (AvgIpc) is 1.94. The van der Waals surface area contributed by atoms with Crippen molar-refractivity contribution in [2.24, 2.45) is 0 Å². The third kappa shape index (κ3) is 16.8. The number of carbonyl (C=O) groups is 2. The zero-order chi connectivity index (χ0) is 13.0. The normalized spacial score (nSPS) is 10.6. The Hall–Kier alpha value is 0.760. The van der Waals surface area contributed by atoms with Crippen LogP contribution in [0.5, 0.6) is 0 Å². The Morgan fingerprint density at radius 3 is 1.17 bits per heavy atom. The van der Waals surface area contributed by atoms with Crippen LogP contribution in [0.2, 0.25) is 0 Å². The van der Waals surface area contributed by atoms with Crippen LogP contribution in [0.15, 0.2) is 0 Å². The van der Waals surface area contributed by atoms with E-state index >= 15 is 0 Å². The summed E-state index contributed by atoms with van der Waals surface area (Å²) in [5.74, 6) is -2.98. The van der Waals surface area contributed by atoms with Crippen molar-refractivity contribution in [3.63, 3.8) is 0 Å². The van der Waals surface area contributed by atoms with Crippen LogP contribution in [-0.2, 0) is 38.8 Å². The Kier molecular flexibility index (Phi) is 12.7. The Morgan fingerprint density at radius 2 is 1.00 bits per heavy atom. The Morgan fingerprint density at radius 1 is 0.778 bits per heavy atom. The van der Waals surface area contributed by atoms with E-state index in [1.54, 1.807) is 0 Å². The number of hydrogen-bond donors (Lipinski definition) is 2. The van der Waals surface area contributed by atoms with Gasteiger partial charge in [0.25, 0.3) is 0 Å². The Bertz CT molecular complexity index is 432. The summed E-state index contributed by atoms with van der Waals surface area (Å²) in [5.41, 5.74) is 0. The number of carbonyl (C=O) groups excluding carboxylic acids is 2. The van der Waals surface area contributed by atoms with Crippen molar-refractivity contribution in [3.05, 3.63) is 0 Å². The van der Waals surface area contributed by atoms with Crippen molar-refractivity contribution in [1.29, 1.82) is 0 Å². The molecule has 0 amide bonds. The molecule has 0 atom stereocenters. The molecule has 2 N–H and O–H groups in total. The van der Waals surface area contributed by atoms with E-state index in [2.05, 4.69) is 8.37 Å². The first-order valence-corrected chi connectivity index (χ1v) is 6.12. The summed E-state index contributed by atoms with van der Waals surface area (Å²) in [6.07, 6.45) is -1.71. The van der Waals surface area contributed by atoms with Crippen LogP contribution in [0, 0.1) is 0 Å². The Balaban J connectivity index is -0.00000112. The minimum absolute atomic E-state index is 0.